The van der Waals surface area contributed by atoms with E-state index in [0.717, 1.165) is 0 Å². The SMILES string of the molecule is C1#C/C=C/C=C/C=C\C=C\C=C/1. The van der Waals surface area contributed by atoms with Gasteiger partial charge in [0.15, 0.2) is 0 Å². The second-order valence-corrected chi connectivity index (χ2v) is 2.16. The fraction of sp³-hybridized carbons (Fsp3) is 0. The van der Waals surface area contributed by atoms with Crippen molar-refractivity contribution in [2.75, 3.05) is 0 Å². The maximum absolute atomic E-state index is 2.88. The summed E-state index contributed by atoms with van der Waals surface area (Å²) in [5, 5.41) is 0. The van der Waals surface area contributed by atoms with Crippen LogP contribution >= 0.6 is 0 Å². The highest BCUT2D eigenvalue weighted by atomic mass is 13.7. The summed E-state index contributed by atoms with van der Waals surface area (Å²) >= 11 is 0. The molecule has 0 radical (unpaired) electrons. The van der Waals surface area contributed by atoms with Gasteiger partial charge in [-0.05, 0) is 12.2 Å². The summed E-state index contributed by atoms with van der Waals surface area (Å²) in [5.41, 5.74) is 0. The van der Waals surface area contributed by atoms with Gasteiger partial charge in [-0.2, -0.15) is 0 Å². The van der Waals surface area contributed by atoms with Crippen LogP contribution in [0.2, 0.25) is 0 Å². The van der Waals surface area contributed by atoms with Crippen LogP contribution in [0.15, 0.2) is 60.8 Å². The molecule has 0 aromatic carbocycles. The maximum Gasteiger partial charge on any atom is -0.0115 e. The third-order valence-electron chi connectivity index (χ3n) is 1.22. The summed E-state index contributed by atoms with van der Waals surface area (Å²) in [6.07, 6.45) is 19.2. The van der Waals surface area contributed by atoms with E-state index in [9.17, 15) is 0 Å². The third-order valence-corrected chi connectivity index (χ3v) is 1.22. The van der Waals surface area contributed by atoms with Crippen LogP contribution in [0.1, 0.15) is 0 Å². The standard InChI is InChI=1S/C12H10/c1-2-4-6-8-10-12-11-9-7-5-3-1/h1-10H/b2-1-,3-1?,4-2?,5-3+,6-4+,7-5?,8-6?,9-7-,10-8+. The molecule has 1 rings (SSSR count). The van der Waals surface area contributed by atoms with E-state index < -0.39 is 0 Å². The molecule has 1 aliphatic carbocycles. The van der Waals surface area contributed by atoms with Gasteiger partial charge in [0, 0.05) is 0 Å². The number of hydrogen-bond acceptors (Lipinski definition) is 0. The molecule has 0 saturated carbocycles. The van der Waals surface area contributed by atoms with Crippen LogP contribution in [-0.2, 0) is 0 Å². The van der Waals surface area contributed by atoms with Crippen LogP contribution in [0.4, 0.5) is 0 Å². The smallest absolute Gasteiger partial charge is 0.0115 e. The molecular formula is C12H10. The summed E-state index contributed by atoms with van der Waals surface area (Å²) in [4.78, 5) is 0. The molecule has 0 aromatic heterocycles. The lowest BCUT2D eigenvalue weighted by atomic mass is 10.3. The van der Waals surface area contributed by atoms with Gasteiger partial charge in [-0.25, -0.2) is 0 Å². The van der Waals surface area contributed by atoms with Crippen LogP contribution in [0.25, 0.3) is 0 Å². The Morgan fingerprint density at radius 2 is 0.750 bits per heavy atom. The fourth-order valence-corrected chi connectivity index (χ4v) is 0.688. The van der Waals surface area contributed by atoms with Gasteiger partial charge in [-0.3, -0.25) is 0 Å². The second-order valence-electron chi connectivity index (χ2n) is 2.16. The Morgan fingerprint density at radius 1 is 0.417 bits per heavy atom. The Bertz CT molecular complexity index is 282. The van der Waals surface area contributed by atoms with Crippen molar-refractivity contribution in [1.29, 1.82) is 0 Å². The molecule has 0 aromatic rings. The Morgan fingerprint density at radius 3 is 1.17 bits per heavy atom. The minimum Gasteiger partial charge on any atom is -0.0702 e. The molecule has 0 spiro atoms. The van der Waals surface area contributed by atoms with Crippen molar-refractivity contribution in [3.8, 4) is 11.8 Å². The predicted octanol–water partition coefficient (Wildman–Crippen LogP) is 2.78. The van der Waals surface area contributed by atoms with Crippen molar-refractivity contribution in [2.24, 2.45) is 0 Å². The minimum atomic E-state index is 1.82. The van der Waals surface area contributed by atoms with Crippen molar-refractivity contribution >= 4 is 0 Å². The summed E-state index contributed by atoms with van der Waals surface area (Å²) in [7, 11) is 0. The molecule has 0 heterocycles. The number of hydrogen-bond donors (Lipinski definition) is 0. The molecule has 0 heteroatoms. The Labute approximate surface area is 73.3 Å². The topological polar surface area (TPSA) is 0 Å². The summed E-state index contributed by atoms with van der Waals surface area (Å²) in [6, 6.07) is 0. The normalized spacial score (nSPS) is 28.0. The van der Waals surface area contributed by atoms with Crippen LogP contribution in [-0.4, -0.2) is 0 Å². The molecule has 58 valence electrons. The third kappa shape index (κ3) is 4.14. The molecule has 1 aliphatic rings. The monoisotopic (exact) mass is 154 g/mol. The molecular weight excluding hydrogens is 144 g/mol. The second kappa shape index (κ2) is 6.00. The molecule has 0 unspecified atom stereocenters. The van der Waals surface area contributed by atoms with Gasteiger partial charge < -0.3 is 0 Å². The highest BCUT2D eigenvalue weighted by molar-refractivity contribution is 5.29. The van der Waals surface area contributed by atoms with Crippen molar-refractivity contribution in [1.82, 2.24) is 0 Å². The molecule has 0 bridgehead atoms. The van der Waals surface area contributed by atoms with Crippen molar-refractivity contribution in [2.45, 2.75) is 0 Å². The lowest BCUT2D eigenvalue weighted by molar-refractivity contribution is 1.85. The first-order valence-electron chi connectivity index (χ1n) is 3.83. The van der Waals surface area contributed by atoms with E-state index in [2.05, 4.69) is 11.8 Å². The van der Waals surface area contributed by atoms with Gasteiger partial charge in [-0.1, -0.05) is 60.4 Å². The maximum atomic E-state index is 2.88. The minimum absolute atomic E-state index is 1.82. The fourth-order valence-electron chi connectivity index (χ4n) is 0.688. The van der Waals surface area contributed by atoms with Crippen molar-refractivity contribution in [3.05, 3.63) is 60.8 Å². The molecule has 0 amide bonds. The molecule has 0 fully saturated rings. The molecule has 0 aliphatic heterocycles. The van der Waals surface area contributed by atoms with E-state index >= 15 is 0 Å². The molecule has 0 N–H and O–H groups in total. The lowest BCUT2D eigenvalue weighted by Crippen LogP contribution is -1.56. The van der Waals surface area contributed by atoms with Crippen LogP contribution in [0.3, 0.4) is 0 Å². The van der Waals surface area contributed by atoms with Gasteiger partial charge in [0.2, 0.25) is 0 Å². The molecule has 12 heavy (non-hydrogen) atoms. The number of rotatable bonds is 0. The Hall–Kier alpha value is -1.74. The van der Waals surface area contributed by atoms with E-state index in [-0.39, 0.29) is 0 Å². The van der Waals surface area contributed by atoms with E-state index in [1.165, 1.54) is 0 Å². The van der Waals surface area contributed by atoms with Gasteiger partial charge in [0.25, 0.3) is 0 Å². The zero-order valence-electron chi connectivity index (χ0n) is 6.77. The van der Waals surface area contributed by atoms with Crippen LogP contribution < -0.4 is 0 Å². The van der Waals surface area contributed by atoms with Gasteiger partial charge in [-0.15, -0.1) is 0 Å². The lowest BCUT2D eigenvalue weighted by Gasteiger charge is -1.74. The Kier molecular flexibility index (Phi) is 4.18. The average Bonchev–Trinajstić information content (AvgIpc) is 2.05. The number of allylic oxidation sites excluding steroid dienone is 10. The van der Waals surface area contributed by atoms with Crippen molar-refractivity contribution < 1.29 is 0 Å². The van der Waals surface area contributed by atoms with Gasteiger partial charge >= 0.3 is 0 Å². The zero-order chi connectivity index (χ0) is 8.49. The molecule has 0 saturated heterocycles. The summed E-state index contributed by atoms with van der Waals surface area (Å²) in [5.74, 6) is 5.75. The quantitative estimate of drug-likeness (QED) is 0.471. The predicted molar refractivity (Wildman–Crippen MR) is 53.5 cm³/mol. The highest BCUT2D eigenvalue weighted by Gasteiger charge is 1.64. The van der Waals surface area contributed by atoms with E-state index in [1.54, 1.807) is 0 Å². The van der Waals surface area contributed by atoms with E-state index in [1.807, 2.05) is 60.8 Å². The Balaban J connectivity index is 2.73. The van der Waals surface area contributed by atoms with Crippen LogP contribution in [0.5, 0.6) is 0 Å². The van der Waals surface area contributed by atoms with Gasteiger partial charge in [0.1, 0.15) is 0 Å². The molecule has 0 nitrogen and oxygen atoms in total. The molecule has 0 atom stereocenters. The average molecular weight is 154 g/mol. The summed E-state index contributed by atoms with van der Waals surface area (Å²) in [6.45, 7) is 0. The first kappa shape index (κ1) is 8.36. The first-order valence-corrected chi connectivity index (χ1v) is 3.83. The van der Waals surface area contributed by atoms with Gasteiger partial charge in [0.05, 0.1) is 0 Å². The highest BCUT2D eigenvalue weighted by Crippen LogP contribution is 1.84. The van der Waals surface area contributed by atoms with E-state index in [0.29, 0.717) is 0 Å². The van der Waals surface area contributed by atoms with Crippen LogP contribution in [0, 0.1) is 11.8 Å². The largest absolute Gasteiger partial charge is 0.0702 e. The summed E-state index contributed by atoms with van der Waals surface area (Å²) < 4.78 is 0. The zero-order valence-corrected chi connectivity index (χ0v) is 6.77. The first-order chi connectivity index (χ1) is 6.00. The van der Waals surface area contributed by atoms with E-state index in [4.69, 9.17) is 0 Å². The van der Waals surface area contributed by atoms with Crippen molar-refractivity contribution in [3.63, 3.8) is 0 Å².